The van der Waals surface area contributed by atoms with Crippen molar-refractivity contribution in [3.05, 3.63) is 24.3 Å². The lowest BCUT2D eigenvalue weighted by molar-refractivity contribution is -0.134. The van der Waals surface area contributed by atoms with Gasteiger partial charge in [-0.1, -0.05) is 0 Å². The van der Waals surface area contributed by atoms with E-state index in [9.17, 15) is 4.79 Å². The number of rotatable bonds is 4. The van der Waals surface area contributed by atoms with Crippen molar-refractivity contribution in [3.63, 3.8) is 0 Å². The van der Waals surface area contributed by atoms with E-state index in [2.05, 4.69) is 33.7 Å². The lowest BCUT2D eigenvalue weighted by atomic mass is 9.92. The molecule has 1 unspecified atom stereocenters. The summed E-state index contributed by atoms with van der Waals surface area (Å²) in [4.78, 5) is 28.0. The van der Waals surface area contributed by atoms with Crippen LogP contribution < -0.4 is 0 Å². The second-order valence-electron chi connectivity index (χ2n) is 7.15. The molecule has 1 aromatic rings. The smallest absolute Gasteiger partial charge is 0.222 e. The maximum Gasteiger partial charge on any atom is 0.222 e. The van der Waals surface area contributed by atoms with Gasteiger partial charge < -0.3 is 9.80 Å². The molecule has 1 amide bonds. The van der Waals surface area contributed by atoms with Crippen LogP contribution in [-0.4, -0.2) is 76.9 Å². The van der Waals surface area contributed by atoms with Crippen LogP contribution >= 0.6 is 0 Å². The van der Waals surface area contributed by atoms with Crippen LogP contribution in [0.25, 0.3) is 0 Å². The Bertz CT molecular complexity index is 521. The molecule has 2 saturated heterocycles. The zero-order valence-electron chi connectivity index (χ0n) is 14.9. The summed E-state index contributed by atoms with van der Waals surface area (Å²) in [5.74, 6) is 1.77. The lowest BCUT2D eigenvalue weighted by Crippen LogP contribution is -2.48. The Morgan fingerprint density at radius 1 is 1.12 bits per heavy atom. The number of piperazine rings is 1. The van der Waals surface area contributed by atoms with Crippen LogP contribution in [0.5, 0.6) is 0 Å². The molecule has 132 valence electrons. The van der Waals surface area contributed by atoms with Crippen molar-refractivity contribution in [2.45, 2.75) is 32.2 Å². The average molecular weight is 331 g/mol. The molecule has 0 bridgehead atoms. The molecule has 0 saturated carbocycles. The summed E-state index contributed by atoms with van der Waals surface area (Å²) < 4.78 is 0. The maximum atomic E-state index is 12.5. The second kappa shape index (κ2) is 8.03. The minimum absolute atomic E-state index is 0.250. The van der Waals surface area contributed by atoms with E-state index in [1.807, 2.05) is 11.0 Å². The number of piperidine rings is 1. The monoisotopic (exact) mass is 331 g/mol. The number of hydrogen-bond donors (Lipinski definition) is 0. The molecule has 2 aliphatic rings. The Hall–Kier alpha value is -1.53. The number of nitrogens with zero attached hydrogens (tertiary/aromatic N) is 5. The Morgan fingerprint density at radius 2 is 1.75 bits per heavy atom. The molecular formula is C18H29N5O. The molecule has 3 heterocycles. The van der Waals surface area contributed by atoms with Crippen molar-refractivity contribution in [1.82, 2.24) is 24.7 Å². The Labute approximate surface area is 144 Å². The van der Waals surface area contributed by atoms with Crippen molar-refractivity contribution >= 4 is 5.91 Å². The van der Waals surface area contributed by atoms with E-state index in [0.717, 1.165) is 57.9 Å². The third kappa shape index (κ3) is 4.30. The van der Waals surface area contributed by atoms with E-state index in [4.69, 9.17) is 0 Å². The molecule has 0 radical (unpaired) electrons. The fraction of sp³-hybridized carbons (Fsp3) is 0.722. The van der Waals surface area contributed by atoms with Crippen LogP contribution in [-0.2, 0) is 4.79 Å². The average Bonchev–Trinajstić information content (AvgIpc) is 2.63. The van der Waals surface area contributed by atoms with Gasteiger partial charge >= 0.3 is 0 Å². The van der Waals surface area contributed by atoms with E-state index >= 15 is 0 Å². The van der Waals surface area contributed by atoms with Gasteiger partial charge in [-0.25, -0.2) is 9.97 Å². The van der Waals surface area contributed by atoms with E-state index in [1.54, 1.807) is 12.4 Å². The number of carbonyl (C=O) groups is 1. The van der Waals surface area contributed by atoms with Gasteiger partial charge in [0.25, 0.3) is 0 Å². The van der Waals surface area contributed by atoms with Crippen molar-refractivity contribution in [3.8, 4) is 0 Å². The van der Waals surface area contributed by atoms with Gasteiger partial charge in [0.05, 0.1) is 6.04 Å². The Balaban J connectivity index is 1.44. The number of carbonyl (C=O) groups excluding carboxylic acids is 1. The molecule has 1 atom stereocenters. The molecule has 0 N–H and O–H groups in total. The molecule has 2 aliphatic heterocycles. The fourth-order valence-corrected chi connectivity index (χ4v) is 3.67. The summed E-state index contributed by atoms with van der Waals surface area (Å²) in [6.07, 6.45) is 6.52. The summed E-state index contributed by atoms with van der Waals surface area (Å²) in [5.41, 5.74) is 0. The second-order valence-corrected chi connectivity index (χ2v) is 7.15. The van der Waals surface area contributed by atoms with Crippen molar-refractivity contribution in [1.29, 1.82) is 0 Å². The van der Waals surface area contributed by atoms with E-state index < -0.39 is 0 Å². The first-order valence-corrected chi connectivity index (χ1v) is 9.11. The summed E-state index contributed by atoms with van der Waals surface area (Å²) >= 11 is 0. The third-order valence-corrected chi connectivity index (χ3v) is 5.48. The van der Waals surface area contributed by atoms with Crippen LogP contribution in [0.2, 0.25) is 0 Å². The topological polar surface area (TPSA) is 52.6 Å². The molecule has 3 rings (SSSR count). The highest BCUT2D eigenvalue weighted by molar-refractivity contribution is 5.76. The van der Waals surface area contributed by atoms with Gasteiger partial charge in [-0.3, -0.25) is 9.69 Å². The molecule has 24 heavy (non-hydrogen) atoms. The van der Waals surface area contributed by atoms with Gasteiger partial charge in [0, 0.05) is 45.0 Å². The van der Waals surface area contributed by atoms with Crippen LogP contribution in [0.3, 0.4) is 0 Å². The zero-order chi connectivity index (χ0) is 16.9. The van der Waals surface area contributed by atoms with E-state index in [0.29, 0.717) is 18.2 Å². The lowest BCUT2D eigenvalue weighted by Gasteiger charge is -2.37. The molecular weight excluding hydrogens is 302 g/mol. The third-order valence-electron chi connectivity index (χ3n) is 5.48. The van der Waals surface area contributed by atoms with Crippen LogP contribution in [0, 0.1) is 5.92 Å². The first-order valence-electron chi connectivity index (χ1n) is 9.11. The largest absolute Gasteiger partial charge is 0.340 e. The molecule has 0 spiro atoms. The summed E-state index contributed by atoms with van der Waals surface area (Å²) in [5, 5.41) is 0. The van der Waals surface area contributed by atoms with Crippen LogP contribution in [0.1, 0.15) is 38.1 Å². The van der Waals surface area contributed by atoms with Crippen molar-refractivity contribution in [2.24, 2.45) is 5.92 Å². The number of likely N-dealkylation sites (N-methyl/N-ethyl adjacent to an activating group) is 1. The van der Waals surface area contributed by atoms with Crippen molar-refractivity contribution < 1.29 is 4.79 Å². The predicted octanol–water partition coefficient (Wildman–Crippen LogP) is 1.41. The zero-order valence-corrected chi connectivity index (χ0v) is 14.9. The highest BCUT2D eigenvalue weighted by Crippen LogP contribution is 2.27. The number of aromatic nitrogens is 2. The van der Waals surface area contributed by atoms with Gasteiger partial charge in [-0.15, -0.1) is 0 Å². The fourth-order valence-electron chi connectivity index (χ4n) is 3.67. The summed E-state index contributed by atoms with van der Waals surface area (Å²) in [6, 6.07) is 2.10. The van der Waals surface area contributed by atoms with Gasteiger partial charge in [-0.05, 0) is 51.9 Å². The summed E-state index contributed by atoms with van der Waals surface area (Å²) in [6.45, 7) is 8.00. The van der Waals surface area contributed by atoms with E-state index in [1.165, 1.54) is 0 Å². The quantitative estimate of drug-likeness (QED) is 0.835. The standard InChI is InChI=1S/C18H29N5O/c1-15(18-19-6-3-7-20-18)22-8-4-16(5-9-22)14-17(24)23-12-10-21(2)11-13-23/h3,6-7,15-16H,4-5,8-14H2,1-2H3. The highest BCUT2D eigenvalue weighted by Gasteiger charge is 2.28. The highest BCUT2D eigenvalue weighted by atomic mass is 16.2. The van der Waals surface area contributed by atoms with Gasteiger partial charge in [0.15, 0.2) is 0 Å². The molecule has 0 aliphatic carbocycles. The number of amides is 1. The summed E-state index contributed by atoms with van der Waals surface area (Å²) in [7, 11) is 2.12. The van der Waals surface area contributed by atoms with E-state index in [-0.39, 0.29) is 6.04 Å². The van der Waals surface area contributed by atoms with Crippen molar-refractivity contribution in [2.75, 3.05) is 46.3 Å². The molecule has 0 aromatic carbocycles. The molecule has 6 nitrogen and oxygen atoms in total. The normalized spacial score (nSPS) is 22.5. The predicted molar refractivity (Wildman–Crippen MR) is 93.4 cm³/mol. The Kier molecular flexibility index (Phi) is 5.79. The Morgan fingerprint density at radius 3 is 2.38 bits per heavy atom. The molecule has 1 aromatic heterocycles. The van der Waals surface area contributed by atoms with Gasteiger partial charge in [-0.2, -0.15) is 0 Å². The first kappa shape index (κ1) is 17.3. The first-order chi connectivity index (χ1) is 11.6. The minimum atomic E-state index is 0.250. The van der Waals surface area contributed by atoms with Gasteiger partial charge in [0.1, 0.15) is 5.82 Å². The molecule has 6 heteroatoms. The van der Waals surface area contributed by atoms with Gasteiger partial charge in [0.2, 0.25) is 5.91 Å². The molecule has 2 fully saturated rings. The minimum Gasteiger partial charge on any atom is -0.340 e. The number of likely N-dealkylation sites (tertiary alicyclic amines) is 1. The SMILES string of the molecule is CC(c1ncccn1)N1CCC(CC(=O)N2CCN(C)CC2)CC1. The van der Waals surface area contributed by atoms with Crippen LogP contribution in [0.4, 0.5) is 0 Å². The number of hydrogen-bond acceptors (Lipinski definition) is 5. The maximum absolute atomic E-state index is 12.5. The van der Waals surface area contributed by atoms with Crippen LogP contribution in [0.15, 0.2) is 18.5 Å².